The minimum absolute atomic E-state index is 0.256. The normalized spacial score (nSPS) is 11.2. The highest BCUT2D eigenvalue weighted by Gasteiger charge is 2.17. The number of allylic oxidation sites excluding steroid dienone is 1. The molecular formula is C23H19N7OS. The summed E-state index contributed by atoms with van der Waals surface area (Å²) in [4.78, 5) is 20.2. The summed E-state index contributed by atoms with van der Waals surface area (Å²) >= 11 is 1.24. The highest BCUT2D eigenvalue weighted by molar-refractivity contribution is 7.99. The van der Waals surface area contributed by atoms with Crippen LogP contribution in [0.25, 0.3) is 28.1 Å². The van der Waals surface area contributed by atoms with Crippen LogP contribution in [0.4, 0.5) is 0 Å². The van der Waals surface area contributed by atoms with Crippen molar-refractivity contribution in [3.63, 3.8) is 0 Å². The summed E-state index contributed by atoms with van der Waals surface area (Å²) in [5.41, 5.74) is 3.15. The second-order valence-corrected chi connectivity index (χ2v) is 8.13. The predicted octanol–water partition coefficient (Wildman–Crippen LogP) is 4.01. The minimum atomic E-state index is -0.256. The number of para-hydroxylation sites is 1. The van der Waals surface area contributed by atoms with E-state index in [1.807, 2.05) is 60.0 Å². The molecule has 8 nitrogen and oxygen atoms in total. The van der Waals surface area contributed by atoms with Crippen molar-refractivity contribution in [1.29, 1.82) is 0 Å². The summed E-state index contributed by atoms with van der Waals surface area (Å²) in [7, 11) is 0. The fourth-order valence-corrected chi connectivity index (χ4v) is 4.25. The Labute approximate surface area is 187 Å². The summed E-state index contributed by atoms with van der Waals surface area (Å²) in [6, 6.07) is 17.7. The molecule has 0 fully saturated rings. The number of hydrogen-bond donors (Lipinski definition) is 1. The van der Waals surface area contributed by atoms with Crippen LogP contribution in [0.15, 0.2) is 88.6 Å². The quantitative estimate of drug-likeness (QED) is 0.316. The summed E-state index contributed by atoms with van der Waals surface area (Å²) in [5.74, 6) is 0.730. The zero-order chi connectivity index (χ0) is 22.1. The van der Waals surface area contributed by atoms with Gasteiger partial charge in [0.25, 0.3) is 5.56 Å². The molecule has 0 saturated carbocycles. The van der Waals surface area contributed by atoms with Gasteiger partial charge in [-0.25, -0.2) is 9.67 Å². The molecule has 0 aliphatic carbocycles. The number of nitrogens with zero attached hydrogens (tertiary/aromatic N) is 6. The molecule has 0 aliphatic rings. The van der Waals surface area contributed by atoms with Crippen LogP contribution in [-0.4, -0.2) is 34.5 Å². The van der Waals surface area contributed by atoms with Crippen molar-refractivity contribution in [2.75, 3.05) is 0 Å². The van der Waals surface area contributed by atoms with Gasteiger partial charge >= 0.3 is 0 Å². The molecule has 0 bridgehead atoms. The number of aryl methyl sites for hydroxylation is 1. The van der Waals surface area contributed by atoms with Crippen LogP contribution in [0.5, 0.6) is 0 Å². The van der Waals surface area contributed by atoms with Gasteiger partial charge in [0.1, 0.15) is 5.39 Å². The van der Waals surface area contributed by atoms with E-state index in [1.165, 1.54) is 18.0 Å². The third-order valence-electron chi connectivity index (χ3n) is 4.91. The number of nitrogens with one attached hydrogen (secondary N) is 1. The molecule has 5 aromatic rings. The third-order valence-corrected chi connectivity index (χ3v) is 5.78. The van der Waals surface area contributed by atoms with Gasteiger partial charge in [0, 0.05) is 12.1 Å². The van der Waals surface area contributed by atoms with Crippen LogP contribution in [0.2, 0.25) is 0 Å². The Kier molecular flexibility index (Phi) is 5.16. The Morgan fingerprint density at radius 3 is 2.75 bits per heavy atom. The maximum atomic E-state index is 12.7. The maximum Gasteiger partial charge on any atom is 0.262 e. The highest BCUT2D eigenvalue weighted by atomic mass is 32.2. The number of benzene rings is 2. The van der Waals surface area contributed by atoms with Crippen molar-refractivity contribution in [3.05, 3.63) is 89.4 Å². The largest absolute Gasteiger partial charge is 0.300 e. The molecule has 158 valence electrons. The maximum absolute atomic E-state index is 12.7. The van der Waals surface area contributed by atoms with Crippen LogP contribution < -0.4 is 5.56 Å². The smallest absolute Gasteiger partial charge is 0.262 e. The molecule has 0 aliphatic heterocycles. The molecule has 1 N–H and O–H groups in total. The number of H-pyrrole nitrogens is 1. The van der Waals surface area contributed by atoms with E-state index in [0.29, 0.717) is 27.9 Å². The molecule has 0 atom stereocenters. The predicted molar refractivity (Wildman–Crippen MR) is 124 cm³/mol. The summed E-state index contributed by atoms with van der Waals surface area (Å²) in [6.07, 6.45) is 3.31. The molecular weight excluding hydrogens is 422 g/mol. The monoisotopic (exact) mass is 441 g/mol. The molecule has 5 rings (SSSR count). The average Bonchev–Trinajstić information content (AvgIpc) is 3.40. The number of hydrogen-bond acceptors (Lipinski definition) is 6. The van der Waals surface area contributed by atoms with Crippen molar-refractivity contribution >= 4 is 22.8 Å². The van der Waals surface area contributed by atoms with Crippen molar-refractivity contribution in [1.82, 2.24) is 34.5 Å². The lowest BCUT2D eigenvalue weighted by atomic mass is 10.1. The first-order chi connectivity index (χ1) is 15.6. The fourth-order valence-electron chi connectivity index (χ4n) is 3.45. The molecule has 3 aromatic heterocycles. The molecule has 9 heteroatoms. The fraction of sp³-hybridized carbons (Fsp3) is 0.0870. The lowest BCUT2D eigenvalue weighted by molar-refractivity contribution is 0.728. The van der Waals surface area contributed by atoms with Gasteiger partial charge in [-0.3, -0.25) is 9.36 Å². The van der Waals surface area contributed by atoms with Crippen LogP contribution in [-0.2, 0) is 6.54 Å². The van der Waals surface area contributed by atoms with Crippen LogP contribution >= 0.6 is 11.8 Å². The number of aromatic amines is 1. The molecule has 32 heavy (non-hydrogen) atoms. The molecule has 0 radical (unpaired) electrons. The standard InChI is InChI=1S/C23H19N7OS/c1-3-12-29-19(16-9-7-8-15(2)13-16)27-28-23(29)32-22-25-20-18(21(31)26-22)14-24-30(20)17-10-5-4-6-11-17/h3-11,13-14H,1,12H2,2H3,(H,25,26,31). The van der Waals surface area contributed by atoms with Crippen LogP contribution in [0.3, 0.4) is 0 Å². The van der Waals surface area contributed by atoms with Gasteiger partial charge in [-0.2, -0.15) is 5.10 Å². The molecule has 0 unspecified atom stereocenters. The van der Waals surface area contributed by atoms with Crippen molar-refractivity contribution in [3.8, 4) is 17.1 Å². The van der Waals surface area contributed by atoms with Gasteiger partial charge in [-0.05, 0) is 36.9 Å². The third kappa shape index (κ3) is 3.63. The van der Waals surface area contributed by atoms with E-state index in [1.54, 1.807) is 10.8 Å². The molecule has 0 spiro atoms. The summed E-state index contributed by atoms with van der Waals surface area (Å²) in [6.45, 7) is 6.41. The van der Waals surface area contributed by atoms with Gasteiger partial charge in [-0.1, -0.05) is 48.0 Å². The average molecular weight is 442 g/mol. The van der Waals surface area contributed by atoms with E-state index in [2.05, 4.69) is 37.9 Å². The van der Waals surface area contributed by atoms with E-state index in [4.69, 9.17) is 0 Å². The summed E-state index contributed by atoms with van der Waals surface area (Å²) < 4.78 is 3.60. The second kappa shape index (κ2) is 8.27. The molecule has 2 aromatic carbocycles. The Hall–Kier alpha value is -3.98. The first-order valence-electron chi connectivity index (χ1n) is 9.96. The SMILES string of the molecule is C=CCn1c(Sc2nc3c(cnn3-c3ccccc3)c(=O)[nH]2)nnc1-c1cccc(C)c1. The molecule has 3 heterocycles. The Balaban J connectivity index is 1.58. The Morgan fingerprint density at radius 1 is 1.12 bits per heavy atom. The number of rotatable bonds is 6. The van der Waals surface area contributed by atoms with E-state index < -0.39 is 0 Å². The lowest BCUT2D eigenvalue weighted by Crippen LogP contribution is -2.10. The van der Waals surface area contributed by atoms with Crippen molar-refractivity contribution < 1.29 is 0 Å². The first-order valence-corrected chi connectivity index (χ1v) is 10.8. The van der Waals surface area contributed by atoms with Gasteiger partial charge in [0.05, 0.1) is 11.9 Å². The van der Waals surface area contributed by atoms with E-state index in [9.17, 15) is 4.79 Å². The minimum Gasteiger partial charge on any atom is -0.300 e. The zero-order valence-corrected chi connectivity index (χ0v) is 18.1. The first kappa shape index (κ1) is 20.0. The number of fused-ring (bicyclic) bond motifs is 1. The van der Waals surface area contributed by atoms with Crippen molar-refractivity contribution in [2.24, 2.45) is 0 Å². The van der Waals surface area contributed by atoms with Gasteiger partial charge in [0.15, 0.2) is 21.8 Å². The Bertz CT molecular complexity index is 1480. The van der Waals surface area contributed by atoms with Crippen LogP contribution in [0, 0.1) is 6.92 Å². The molecule has 0 saturated heterocycles. The van der Waals surface area contributed by atoms with Crippen molar-refractivity contribution in [2.45, 2.75) is 23.8 Å². The van der Waals surface area contributed by atoms with Gasteiger partial charge in [-0.15, -0.1) is 16.8 Å². The zero-order valence-electron chi connectivity index (χ0n) is 17.3. The van der Waals surface area contributed by atoms with E-state index in [-0.39, 0.29) is 5.56 Å². The second-order valence-electron chi connectivity index (χ2n) is 7.18. The van der Waals surface area contributed by atoms with E-state index >= 15 is 0 Å². The van der Waals surface area contributed by atoms with Crippen LogP contribution in [0.1, 0.15) is 5.56 Å². The van der Waals surface area contributed by atoms with Gasteiger partial charge in [0.2, 0.25) is 0 Å². The lowest BCUT2D eigenvalue weighted by Gasteiger charge is -2.08. The number of aromatic nitrogens is 7. The molecule has 0 amide bonds. The summed E-state index contributed by atoms with van der Waals surface area (Å²) in [5, 5.41) is 14.5. The van der Waals surface area contributed by atoms with E-state index in [0.717, 1.165) is 22.6 Å². The topological polar surface area (TPSA) is 94.3 Å². The van der Waals surface area contributed by atoms with Gasteiger partial charge < -0.3 is 4.98 Å². The Morgan fingerprint density at radius 2 is 1.97 bits per heavy atom. The highest BCUT2D eigenvalue weighted by Crippen LogP contribution is 2.28.